The third-order valence-electron chi connectivity index (χ3n) is 5.77. The lowest BCUT2D eigenvalue weighted by molar-refractivity contribution is 0.0601. The number of nitrogens with one attached hydrogen (secondary N) is 1. The van der Waals surface area contributed by atoms with E-state index in [9.17, 15) is 14.4 Å². The van der Waals surface area contributed by atoms with E-state index in [0.717, 1.165) is 16.9 Å². The Morgan fingerprint density at radius 2 is 1.57 bits per heavy atom. The van der Waals surface area contributed by atoms with Gasteiger partial charge in [0.1, 0.15) is 5.00 Å². The van der Waals surface area contributed by atoms with E-state index in [4.69, 9.17) is 9.72 Å². The number of methoxy groups -OCH3 is 1. The number of hydrogen-bond acceptors (Lipinski definition) is 6. The first-order valence-electron chi connectivity index (χ1n) is 10.9. The van der Waals surface area contributed by atoms with Gasteiger partial charge in [-0.05, 0) is 31.0 Å². The van der Waals surface area contributed by atoms with Crippen molar-refractivity contribution in [3.63, 3.8) is 0 Å². The van der Waals surface area contributed by atoms with Crippen molar-refractivity contribution in [2.75, 3.05) is 26.5 Å². The molecule has 7 nitrogen and oxygen atoms in total. The molecule has 2 heterocycles. The summed E-state index contributed by atoms with van der Waals surface area (Å²) in [7, 11) is 4.54. The second kappa shape index (κ2) is 9.68. The molecule has 1 N–H and O–H groups in total. The maximum atomic E-state index is 13.7. The van der Waals surface area contributed by atoms with Crippen LogP contribution in [0.2, 0.25) is 0 Å². The van der Waals surface area contributed by atoms with Crippen LogP contribution in [0.1, 0.15) is 41.5 Å². The molecule has 0 fully saturated rings. The fourth-order valence-electron chi connectivity index (χ4n) is 4.00. The van der Waals surface area contributed by atoms with Crippen molar-refractivity contribution in [1.29, 1.82) is 0 Å². The summed E-state index contributed by atoms with van der Waals surface area (Å²) in [5.74, 6) is -1.27. The molecule has 0 atom stereocenters. The Labute approximate surface area is 207 Å². The zero-order chi connectivity index (χ0) is 25.3. The van der Waals surface area contributed by atoms with Gasteiger partial charge in [0.15, 0.2) is 0 Å². The number of esters is 1. The highest BCUT2D eigenvalue weighted by Crippen LogP contribution is 2.36. The van der Waals surface area contributed by atoms with E-state index in [1.54, 1.807) is 21.0 Å². The molecule has 0 aliphatic carbocycles. The molecule has 2 aromatic heterocycles. The van der Waals surface area contributed by atoms with Gasteiger partial charge in [-0.3, -0.25) is 9.59 Å². The molecule has 0 saturated heterocycles. The Morgan fingerprint density at radius 3 is 2.23 bits per heavy atom. The summed E-state index contributed by atoms with van der Waals surface area (Å²) < 4.78 is 4.95. The van der Waals surface area contributed by atoms with Crippen molar-refractivity contribution in [1.82, 2.24) is 9.88 Å². The van der Waals surface area contributed by atoms with Crippen molar-refractivity contribution < 1.29 is 19.1 Å². The molecule has 2 aromatic carbocycles. The molecule has 178 valence electrons. The lowest BCUT2D eigenvalue weighted by Crippen LogP contribution is -2.21. The molecular formula is C27H25N3O4S. The molecule has 0 aliphatic rings. The number of para-hydroxylation sites is 1. The smallest absolute Gasteiger partial charge is 0.341 e. The third kappa shape index (κ3) is 4.40. The summed E-state index contributed by atoms with van der Waals surface area (Å²) in [4.78, 5) is 45.6. The SMILES string of the molecule is COC(=O)c1c(NC(=O)c2c(C)c(-c3ccccc3)nc3ccccc23)sc(C(=O)N(C)C)c1C. The number of amides is 2. The number of nitrogens with zero attached hydrogens (tertiary/aromatic N) is 2. The zero-order valence-electron chi connectivity index (χ0n) is 20.1. The summed E-state index contributed by atoms with van der Waals surface area (Å²) in [6.07, 6.45) is 0. The average Bonchev–Trinajstić information content (AvgIpc) is 3.18. The first kappa shape index (κ1) is 24.1. The number of fused-ring (bicyclic) bond motifs is 1. The Bertz CT molecular complexity index is 1460. The van der Waals surface area contributed by atoms with Gasteiger partial charge in [-0.15, -0.1) is 11.3 Å². The van der Waals surface area contributed by atoms with Crippen molar-refractivity contribution in [3.8, 4) is 11.3 Å². The number of rotatable bonds is 5. The quantitative estimate of drug-likeness (QED) is 0.385. The van der Waals surface area contributed by atoms with Crippen LogP contribution in [0.25, 0.3) is 22.2 Å². The summed E-state index contributed by atoms with van der Waals surface area (Å²) in [5, 5.41) is 3.85. The van der Waals surface area contributed by atoms with E-state index in [-0.39, 0.29) is 16.5 Å². The number of carbonyl (C=O) groups excluding carboxylic acids is 3. The molecule has 0 bridgehead atoms. The number of thiophene rings is 1. The molecule has 0 saturated carbocycles. The largest absolute Gasteiger partial charge is 0.465 e. The Hall–Kier alpha value is -4.04. The number of carbonyl (C=O) groups is 3. The number of hydrogen-bond donors (Lipinski definition) is 1. The van der Waals surface area contributed by atoms with E-state index in [0.29, 0.717) is 38.2 Å². The molecule has 35 heavy (non-hydrogen) atoms. The van der Waals surface area contributed by atoms with Crippen molar-refractivity contribution in [3.05, 3.63) is 81.7 Å². The minimum Gasteiger partial charge on any atom is -0.465 e. The van der Waals surface area contributed by atoms with Crippen LogP contribution in [0.5, 0.6) is 0 Å². The van der Waals surface area contributed by atoms with Gasteiger partial charge in [-0.1, -0.05) is 48.5 Å². The number of benzene rings is 2. The summed E-state index contributed by atoms with van der Waals surface area (Å²) in [6.45, 7) is 3.54. The predicted molar refractivity (Wildman–Crippen MR) is 138 cm³/mol. The third-order valence-corrected chi connectivity index (χ3v) is 6.97. The van der Waals surface area contributed by atoms with Crippen LogP contribution < -0.4 is 5.32 Å². The van der Waals surface area contributed by atoms with Crippen LogP contribution in [0, 0.1) is 13.8 Å². The zero-order valence-corrected chi connectivity index (χ0v) is 20.9. The van der Waals surface area contributed by atoms with Crippen LogP contribution in [-0.2, 0) is 4.74 Å². The second-order valence-electron chi connectivity index (χ2n) is 8.25. The Morgan fingerprint density at radius 1 is 0.914 bits per heavy atom. The molecule has 2 amide bonds. The fraction of sp³-hybridized carbons (Fsp3) is 0.185. The molecule has 0 spiro atoms. The first-order chi connectivity index (χ1) is 16.7. The normalized spacial score (nSPS) is 10.8. The molecule has 4 rings (SSSR count). The van der Waals surface area contributed by atoms with E-state index < -0.39 is 11.9 Å². The molecule has 0 radical (unpaired) electrons. The van der Waals surface area contributed by atoms with E-state index >= 15 is 0 Å². The first-order valence-corrected chi connectivity index (χ1v) is 11.8. The summed E-state index contributed by atoms with van der Waals surface area (Å²) in [5.41, 5.74) is 4.09. The summed E-state index contributed by atoms with van der Waals surface area (Å²) in [6, 6.07) is 17.1. The Balaban J connectivity index is 1.87. The highest BCUT2D eigenvalue weighted by molar-refractivity contribution is 7.18. The minimum atomic E-state index is -0.617. The lowest BCUT2D eigenvalue weighted by Gasteiger charge is -2.15. The van der Waals surface area contributed by atoms with Gasteiger partial charge >= 0.3 is 5.97 Å². The van der Waals surface area contributed by atoms with Crippen molar-refractivity contribution in [2.24, 2.45) is 0 Å². The van der Waals surface area contributed by atoms with Crippen molar-refractivity contribution in [2.45, 2.75) is 13.8 Å². The second-order valence-corrected chi connectivity index (χ2v) is 9.27. The average molecular weight is 488 g/mol. The Kier molecular flexibility index (Phi) is 6.66. The van der Waals surface area contributed by atoms with Gasteiger partial charge in [-0.25, -0.2) is 9.78 Å². The van der Waals surface area contributed by atoms with Gasteiger partial charge < -0.3 is 15.0 Å². The summed E-state index contributed by atoms with van der Waals surface area (Å²) >= 11 is 1.06. The van der Waals surface area contributed by atoms with Crippen LogP contribution >= 0.6 is 11.3 Å². The maximum Gasteiger partial charge on any atom is 0.341 e. The van der Waals surface area contributed by atoms with Gasteiger partial charge in [0.05, 0.1) is 34.3 Å². The molecule has 8 heteroatoms. The number of pyridine rings is 1. The number of anilines is 1. The van der Waals surface area contributed by atoms with Crippen LogP contribution in [0.4, 0.5) is 5.00 Å². The predicted octanol–water partition coefficient (Wildman–Crippen LogP) is 5.32. The van der Waals surface area contributed by atoms with Crippen LogP contribution in [0.15, 0.2) is 54.6 Å². The van der Waals surface area contributed by atoms with Crippen LogP contribution in [0.3, 0.4) is 0 Å². The molecular weight excluding hydrogens is 462 g/mol. The minimum absolute atomic E-state index is 0.176. The van der Waals surface area contributed by atoms with E-state index in [1.165, 1.54) is 12.0 Å². The molecule has 4 aromatic rings. The molecule has 0 aliphatic heterocycles. The highest BCUT2D eigenvalue weighted by atomic mass is 32.1. The highest BCUT2D eigenvalue weighted by Gasteiger charge is 2.28. The monoisotopic (exact) mass is 487 g/mol. The standard InChI is InChI=1S/C27H25N3O4S/c1-15-20(18-13-9-10-14-19(18)28-22(15)17-11-7-6-8-12-17)24(31)29-25-21(27(33)34-5)16(2)23(35-25)26(32)30(3)4/h6-14H,1-5H3,(H,29,31). The van der Waals surface area contributed by atoms with Crippen molar-refractivity contribution >= 4 is 45.0 Å². The van der Waals surface area contributed by atoms with Gasteiger partial charge in [0, 0.05) is 25.0 Å². The maximum absolute atomic E-state index is 13.7. The van der Waals surface area contributed by atoms with Gasteiger partial charge in [0.2, 0.25) is 0 Å². The lowest BCUT2D eigenvalue weighted by atomic mass is 9.97. The topological polar surface area (TPSA) is 88.6 Å². The number of ether oxygens (including phenoxy) is 1. The molecule has 0 unspecified atom stereocenters. The fourth-order valence-corrected chi connectivity index (χ4v) is 5.21. The van der Waals surface area contributed by atoms with Gasteiger partial charge in [-0.2, -0.15) is 0 Å². The van der Waals surface area contributed by atoms with E-state index in [2.05, 4.69) is 5.32 Å². The van der Waals surface area contributed by atoms with E-state index in [1.807, 2.05) is 61.5 Å². The van der Waals surface area contributed by atoms with Gasteiger partial charge in [0.25, 0.3) is 11.8 Å². The number of aromatic nitrogens is 1. The van der Waals surface area contributed by atoms with Crippen LogP contribution in [-0.4, -0.2) is 48.9 Å².